The van der Waals surface area contributed by atoms with Crippen molar-refractivity contribution in [3.05, 3.63) is 28.8 Å². The second kappa shape index (κ2) is 5.98. The maximum Gasteiger partial charge on any atom is 0.303 e. The molecule has 0 radical (unpaired) electrons. The van der Waals surface area contributed by atoms with E-state index in [1.54, 1.807) is 18.2 Å². The molecule has 0 saturated carbocycles. The Bertz CT molecular complexity index is 730. The van der Waals surface area contributed by atoms with E-state index in [0.29, 0.717) is 27.2 Å². The van der Waals surface area contributed by atoms with Crippen LogP contribution in [-0.2, 0) is 11.2 Å². The average molecular weight is 321 g/mol. The number of aliphatic carboxylic acids is 1. The number of rotatable bonds is 5. The third-order valence-corrected chi connectivity index (χ3v) is 3.77. The molecule has 0 fully saturated rings. The van der Waals surface area contributed by atoms with E-state index < -0.39 is 5.97 Å². The number of anilines is 1. The Morgan fingerprint density at radius 3 is 2.91 bits per heavy atom. The first kappa shape index (κ1) is 14.3. The van der Waals surface area contributed by atoms with Crippen LogP contribution in [0, 0.1) is 0 Å². The zero-order valence-electron chi connectivity index (χ0n) is 11.2. The summed E-state index contributed by atoms with van der Waals surface area (Å²) in [5, 5.41) is 19.8. The molecule has 0 saturated heterocycles. The van der Waals surface area contributed by atoms with Crippen molar-refractivity contribution in [2.45, 2.75) is 12.8 Å². The normalized spacial score (nSPS) is 12.2. The van der Waals surface area contributed by atoms with Crippen LogP contribution in [-0.4, -0.2) is 34.0 Å². The number of amides is 1. The fourth-order valence-electron chi connectivity index (χ4n) is 1.83. The van der Waals surface area contributed by atoms with Crippen LogP contribution in [0.4, 0.5) is 5.13 Å². The number of ether oxygens (including phenoxy) is 2. The van der Waals surface area contributed by atoms with Crippen LogP contribution < -0.4 is 14.8 Å². The minimum atomic E-state index is -0.902. The van der Waals surface area contributed by atoms with Crippen molar-refractivity contribution in [2.75, 3.05) is 12.1 Å². The highest BCUT2D eigenvalue weighted by Gasteiger charge is 2.17. The lowest BCUT2D eigenvalue weighted by atomic mass is 10.2. The zero-order chi connectivity index (χ0) is 15.5. The van der Waals surface area contributed by atoms with Crippen molar-refractivity contribution < 1.29 is 24.2 Å². The Kier molecular flexibility index (Phi) is 3.88. The van der Waals surface area contributed by atoms with Crippen LogP contribution in [0.2, 0.25) is 0 Å². The number of fused-ring (bicyclic) bond motifs is 1. The van der Waals surface area contributed by atoms with Gasteiger partial charge in [0.25, 0.3) is 5.91 Å². The van der Waals surface area contributed by atoms with Gasteiger partial charge in [0.2, 0.25) is 11.9 Å². The third-order valence-electron chi connectivity index (χ3n) is 2.87. The molecule has 114 valence electrons. The monoisotopic (exact) mass is 321 g/mol. The van der Waals surface area contributed by atoms with Crippen LogP contribution >= 0.6 is 11.3 Å². The first-order valence-electron chi connectivity index (χ1n) is 6.37. The fourth-order valence-corrected chi connectivity index (χ4v) is 2.56. The molecule has 0 unspecified atom stereocenters. The molecular weight excluding hydrogens is 310 g/mol. The van der Waals surface area contributed by atoms with E-state index in [0.717, 1.165) is 11.3 Å². The molecule has 2 heterocycles. The summed E-state index contributed by atoms with van der Waals surface area (Å²) in [6.07, 6.45) is 0.262. The van der Waals surface area contributed by atoms with Crippen molar-refractivity contribution in [3.63, 3.8) is 0 Å². The van der Waals surface area contributed by atoms with Gasteiger partial charge in [-0.15, -0.1) is 10.2 Å². The van der Waals surface area contributed by atoms with Crippen molar-refractivity contribution in [2.24, 2.45) is 0 Å². The van der Waals surface area contributed by atoms with Gasteiger partial charge in [-0.1, -0.05) is 11.3 Å². The first-order chi connectivity index (χ1) is 10.6. The summed E-state index contributed by atoms with van der Waals surface area (Å²) in [7, 11) is 0. The summed E-state index contributed by atoms with van der Waals surface area (Å²) in [4.78, 5) is 22.6. The topological polar surface area (TPSA) is 111 Å². The van der Waals surface area contributed by atoms with E-state index >= 15 is 0 Å². The SMILES string of the molecule is O=C(O)CCc1nnc(NC(=O)c2ccc3c(c2)OCO3)s1. The minimum Gasteiger partial charge on any atom is -0.481 e. The standard InChI is InChI=1S/C13H11N3O5S/c17-11(18)4-3-10-15-16-13(22-10)14-12(19)7-1-2-8-9(5-7)21-6-20-8/h1-2,5H,3-4,6H2,(H,17,18)(H,14,16,19). The Labute approximate surface area is 128 Å². The molecule has 1 amide bonds. The van der Waals surface area contributed by atoms with E-state index in [-0.39, 0.29) is 25.5 Å². The summed E-state index contributed by atoms with van der Waals surface area (Å²) in [5.41, 5.74) is 0.409. The van der Waals surface area contributed by atoms with Gasteiger partial charge in [-0.05, 0) is 18.2 Å². The highest BCUT2D eigenvalue weighted by Crippen LogP contribution is 2.32. The lowest BCUT2D eigenvalue weighted by Crippen LogP contribution is -2.11. The first-order valence-corrected chi connectivity index (χ1v) is 7.18. The molecule has 2 aromatic rings. The van der Waals surface area contributed by atoms with Gasteiger partial charge < -0.3 is 14.6 Å². The average Bonchev–Trinajstić information content (AvgIpc) is 3.12. The predicted molar refractivity (Wildman–Crippen MR) is 76.4 cm³/mol. The Morgan fingerprint density at radius 1 is 1.27 bits per heavy atom. The van der Waals surface area contributed by atoms with Crippen molar-refractivity contribution in [1.29, 1.82) is 0 Å². The molecule has 2 N–H and O–H groups in total. The lowest BCUT2D eigenvalue weighted by molar-refractivity contribution is -0.136. The number of carboxylic acid groups (broad SMARTS) is 1. The maximum atomic E-state index is 12.1. The van der Waals surface area contributed by atoms with Crippen LogP contribution in [0.15, 0.2) is 18.2 Å². The van der Waals surface area contributed by atoms with Crippen molar-refractivity contribution >= 4 is 28.3 Å². The Balaban J connectivity index is 1.65. The number of benzene rings is 1. The van der Waals surface area contributed by atoms with Gasteiger partial charge in [-0.25, -0.2) is 0 Å². The van der Waals surface area contributed by atoms with Gasteiger partial charge in [0.1, 0.15) is 5.01 Å². The fraction of sp³-hybridized carbons (Fsp3) is 0.231. The van der Waals surface area contributed by atoms with E-state index in [4.69, 9.17) is 14.6 Å². The predicted octanol–water partition coefficient (Wildman–Crippen LogP) is 1.54. The van der Waals surface area contributed by atoms with Gasteiger partial charge in [-0.2, -0.15) is 0 Å². The Hall–Kier alpha value is -2.68. The highest BCUT2D eigenvalue weighted by atomic mass is 32.1. The molecule has 1 aromatic heterocycles. The lowest BCUT2D eigenvalue weighted by Gasteiger charge is -2.02. The number of carbonyl (C=O) groups excluding carboxylic acids is 1. The second-order valence-corrected chi connectivity index (χ2v) is 5.48. The molecule has 8 nitrogen and oxygen atoms in total. The third kappa shape index (κ3) is 3.14. The van der Waals surface area contributed by atoms with Gasteiger partial charge >= 0.3 is 5.97 Å². The molecule has 22 heavy (non-hydrogen) atoms. The van der Waals surface area contributed by atoms with E-state index in [2.05, 4.69) is 15.5 Å². The molecule has 1 aliphatic heterocycles. The molecule has 0 atom stereocenters. The molecule has 0 bridgehead atoms. The quantitative estimate of drug-likeness (QED) is 0.859. The molecule has 0 spiro atoms. The number of nitrogens with one attached hydrogen (secondary N) is 1. The maximum absolute atomic E-state index is 12.1. The van der Waals surface area contributed by atoms with Crippen LogP contribution in [0.1, 0.15) is 21.8 Å². The van der Waals surface area contributed by atoms with Gasteiger partial charge in [0.05, 0.1) is 6.42 Å². The number of aromatic nitrogens is 2. The number of aryl methyl sites for hydroxylation is 1. The second-order valence-electron chi connectivity index (χ2n) is 4.42. The molecule has 1 aliphatic rings. The van der Waals surface area contributed by atoms with E-state index in [9.17, 15) is 9.59 Å². The van der Waals surface area contributed by atoms with Gasteiger partial charge in [-0.3, -0.25) is 14.9 Å². The summed E-state index contributed by atoms with van der Waals surface area (Å²) >= 11 is 1.15. The molecular formula is C13H11N3O5S. The van der Waals surface area contributed by atoms with Crippen LogP contribution in [0.5, 0.6) is 11.5 Å². The molecule has 3 rings (SSSR count). The number of carboxylic acids is 1. The summed E-state index contributed by atoms with van der Waals surface area (Å²) in [6.45, 7) is 0.143. The zero-order valence-corrected chi connectivity index (χ0v) is 12.1. The minimum absolute atomic E-state index is 0.0231. The molecule has 9 heteroatoms. The van der Waals surface area contributed by atoms with E-state index in [1.807, 2.05) is 0 Å². The molecule has 0 aliphatic carbocycles. The molecule has 1 aromatic carbocycles. The number of hydrogen-bond acceptors (Lipinski definition) is 7. The number of carbonyl (C=O) groups is 2. The summed E-state index contributed by atoms with van der Waals surface area (Å²) < 4.78 is 10.4. The largest absolute Gasteiger partial charge is 0.481 e. The Morgan fingerprint density at radius 2 is 2.09 bits per heavy atom. The number of hydrogen-bond donors (Lipinski definition) is 2. The number of nitrogens with zero attached hydrogens (tertiary/aromatic N) is 2. The summed E-state index contributed by atoms with van der Waals surface area (Å²) in [5.74, 6) is -0.129. The highest BCUT2D eigenvalue weighted by molar-refractivity contribution is 7.15. The summed E-state index contributed by atoms with van der Waals surface area (Å²) in [6, 6.07) is 4.87. The smallest absolute Gasteiger partial charge is 0.303 e. The van der Waals surface area contributed by atoms with Crippen LogP contribution in [0.25, 0.3) is 0 Å². The van der Waals surface area contributed by atoms with Gasteiger partial charge in [0.15, 0.2) is 11.5 Å². The van der Waals surface area contributed by atoms with Crippen molar-refractivity contribution in [3.8, 4) is 11.5 Å². The van der Waals surface area contributed by atoms with Crippen LogP contribution in [0.3, 0.4) is 0 Å². The van der Waals surface area contributed by atoms with Crippen molar-refractivity contribution in [1.82, 2.24) is 10.2 Å². The van der Waals surface area contributed by atoms with E-state index in [1.165, 1.54) is 0 Å². The van der Waals surface area contributed by atoms with Gasteiger partial charge in [0, 0.05) is 12.0 Å².